The second-order valence-corrected chi connectivity index (χ2v) is 4.11. The van der Waals surface area contributed by atoms with Crippen LogP contribution in [0.1, 0.15) is 24.6 Å². The van der Waals surface area contributed by atoms with Gasteiger partial charge in [0, 0.05) is 11.5 Å². The summed E-state index contributed by atoms with van der Waals surface area (Å²) in [6.07, 6.45) is 2.38. The molecule has 1 aromatic rings. The summed E-state index contributed by atoms with van der Waals surface area (Å²) in [4.78, 5) is 1.37. The Hall–Kier alpha value is -0.340. The lowest BCUT2D eigenvalue weighted by Crippen LogP contribution is -2.17. The zero-order valence-electron chi connectivity index (χ0n) is 6.67. The highest BCUT2D eigenvalue weighted by atomic mass is 32.1. The van der Waals surface area contributed by atoms with Crippen molar-refractivity contribution < 1.29 is 4.74 Å². The van der Waals surface area contributed by atoms with Crippen LogP contribution in [0, 0.1) is 0 Å². The van der Waals surface area contributed by atoms with Crippen LogP contribution in [-0.2, 0) is 10.3 Å². The molecule has 60 valence electrons. The van der Waals surface area contributed by atoms with E-state index in [4.69, 9.17) is 4.74 Å². The Morgan fingerprint density at radius 3 is 3.09 bits per heavy atom. The van der Waals surface area contributed by atoms with Crippen LogP contribution in [0.3, 0.4) is 0 Å². The molecule has 0 aliphatic carbocycles. The molecule has 0 aromatic carbocycles. The molecule has 0 saturated carbocycles. The highest BCUT2D eigenvalue weighted by molar-refractivity contribution is 7.10. The fraction of sp³-hybridized carbons (Fsp3) is 0.556. The van der Waals surface area contributed by atoms with Gasteiger partial charge in [-0.3, -0.25) is 0 Å². The molecule has 1 saturated heterocycles. The Morgan fingerprint density at radius 1 is 1.64 bits per heavy atom. The first-order chi connectivity index (χ1) is 5.31. The highest BCUT2D eigenvalue weighted by Gasteiger charge is 2.32. The molecule has 1 unspecified atom stereocenters. The van der Waals surface area contributed by atoms with Crippen LogP contribution < -0.4 is 0 Å². The van der Waals surface area contributed by atoms with E-state index >= 15 is 0 Å². The van der Waals surface area contributed by atoms with Gasteiger partial charge in [0.2, 0.25) is 0 Å². The third-order valence-corrected chi connectivity index (χ3v) is 3.38. The standard InChI is InChI=1S/C9H12OS/c1-9(5-3-6-10-9)8-4-2-7-11-8/h2,4,7H,3,5-6H2,1H3. The summed E-state index contributed by atoms with van der Waals surface area (Å²) in [6, 6.07) is 4.25. The van der Waals surface area contributed by atoms with Gasteiger partial charge in [-0.05, 0) is 31.2 Å². The molecule has 0 bridgehead atoms. The van der Waals surface area contributed by atoms with E-state index in [1.165, 1.54) is 17.7 Å². The van der Waals surface area contributed by atoms with Crippen molar-refractivity contribution in [3.05, 3.63) is 22.4 Å². The lowest BCUT2D eigenvalue weighted by atomic mass is 10.0. The third kappa shape index (κ3) is 1.21. The third-order valence-electron chi connectivity index (χ3n) is 2.26. The molecule has 2 heterocycles. The van der Waals surface area contributed by atoms with Crippen molar-refractivity contribution in [2.24, 2.45) is 0 Å². The van der Waals surface area contributed by atoms with Gasteiger partial charge in [-0.25, -0.2) is 0 Å². The molecular formula is C9H12OS. The fourth-order valence-corrected chi connectivity index (χ4v) is 2.42. The Kier molecular flexibility index (Phi) is 1.74. The first-order valence-corrected chi connectivity index (χ1v) is 4.87. The molecule has 1 nitrogen and oxygen atoms in total. The Morgan fingerprint density at radius 2 is 2.55 bits per heavy atom. The summed E-state index contributed by atoms with van der Waals surface area (Å²) in [7, 11) is 0. The predicted octanol–water partition coefficient (Wildman–Crippen LogP) is 2.77. The molecule has 2 heteroatoms. The van der Waals surface area contributed by atoms with Crippen molar-refractivity contribution in [1.82, 2.24) is 0 Å². The Labute approximate surface area is 71.0 Å². The molecule has 1 aliphatic rings. The first kappa shape index (κ1) is 7.32. The smallest absolute Gasteiger partial charge is 0.0995 e. The quantitative estimate of drug-likeness (QED) is 0.626. The lowest BCUT2D eigenvalue weighted by Gasteiger charge is -2.20. The summed E-state index contributed by atoms with van der Waals surface area (Å²) in [6.45, 7) is 3.11. The van der Waals surface area contributed by atoms with Crippen molar-refractivity contribution in [2.75, 3.05) is 6.61 Å². The van der Waals surface area contributed by atoms with E-state index in [-0.39, 0.29) is 5.60 Å². The maximum atomic E-state index is 5.70. The van der Waals surface area contributed by atoms with Crippen LogP contribution in [0.4, 0.5) is 0 Å². The molecule has 1 aromatic heterocycles. The summed E-state index contributed by atoms with van der Waals surface area (Å²) in [5.74, 6) is 0. The topological polar surface area (TPSA) is 9.23 Å². The van der Waals surface area contributed by atoms with Crippen molar-refractivity contribution >= 4 is 11.3 Å². The van der Waals surface area contributed by atoms with Crippen LogP contribution in [0.2, 0.25) is 0 Å². The van der Waals surface area contributed by atoms with Gasteiger partial charge >= 0.3 is 0 Å². The molecule has 1 atom stereocenters. The maximum Gasteiger partial charge on any atom is 0.0995 e. The monoisotopic (exact) mass is 168 g/mol. The minimum Gasteiger partial charge on any atom is -0.370 e. The van der Waals surface area contributed by atoms with Gasteiger partial charge in [0.05, 0.1) is 5.60 Å². The molecule has 11 heavy (non-hydrogen) atoms. The molecule has 2 rings (SSSR count). The summed E-state index contributed by atoms with van der Waals surface area (Å²) in [5.41, 5.74) is 0.0359. The molecule has 1 fully saturated rings. The van der Waals surface area contributed by atoms with E-state index in [1.807, 2.05) is 0 Å². The summed E-state index contributed by atoms with van der Waals surface area (Å²) >= 11 is 1.79. The van der Waals surface area contributed by atoms with Crippen LogP contribution in [-0.4, -0.2) is 6.61 Å². The van der Waals surface area contributed by atoms with Gasteiger partial charge in [0.15, 0.2) is 0 Å². The number of rotatable bonds is 1. The SMILES string of the molecule is CC1(c2cccs2)CCCO1. The van der Waals surface area contributed by atoms with E-state index in [0.29, 0.717) is 0 Å². The van der Waals surface area contributed by atoms with Gasteiger partial charge in [-0.15, -0.1) is 11.3 Å². The second kappa shape index (κ2) is 2.61. The number of hydrogen-bond donors (Lipinski definition) is 0. The highest BCUT2D eigenvalue weighted by Crippen LogP contribution is 2.37. The van der Waals surface area contributed by atoms with Crippen molar-refractivity contribution in [2.45, 2.75) is 25.4 Å². The van der Waals surface area contributed by atoms with Crippen molar-refractivity contribution in [1.29, 1.82) is 0 Å². The van der Waals surface area contributed by atoms with Gasteiger partial charge in [0.25, 0.3) is 0 Å². The van der Waals surface area contributed by atoms with Crippen molar-refractivity contribution in [3.8, 4) is 0 Å². The largest absolute Gasteiger partial charge is 0.370 e. The van der Waals surface area contributed by atoms with Crippen LogP contribution in [0.15, 0.2) is 17.5 Å². The molecule has 0 N–H and O–H groups in total. The molecule has 1 aliphatic heterocycles. The van der Waals surface area contributed by atoms with E-state index in [1.54, 1.807) is 11.3 Å². The summed E-state index contributed by atoms with van der Waals surface area (Å²) in [5, 5.41) is 2.11. The average Bonchev–Trinajstić information content (AvgIpc) is 2.55. The minimum atomic E-state index is 0.0359. The van der Waals surface area contributed by atoms with Gasteiger partial charge in [-0.1, -0.05) is 6.07 Å². The van der Waals surface area contributed by atoms with Crippen molar-refractivity contribution in [3.63, 3.8) is 0 Å². The molecule has 0 spiro atoms. The molecule has 0 amide bonds. The maximum absolute atomic E-state index is 5.70. The van der Waals surface area contributed by atoms with E-state index in [0.717, 1.165) is 6.61 Å². The van der Waals surface area contributed by atoms with Gasteiger partial charge in [0.1, 0.15) is 0 Å². The lowest BCUT2D eigenvalue weighted by molar-refractivity contribution is 0.0199. The van der Waals surface area contributed by atoms with Crippen LogP contribution >= 0.6 is 11.3 Å². The summed E-state index contributed by atoms with van der Waals surface area (Å²) < 4.78 is 5.70. The fourth-order valence-electron chi connectivity index (χ4n) is 1.55. The number of ether oxygens (including phenoxy) is 1. The van der Waals surface area contributed by atoms with Gasteiger partial charge < -0.3 is 4.74 Å². The molecule has 0 radical (unpaired) electrons. The van der Waals surface area contributed by atoms with E-state index in [2.05, 4.69) is 24.4 Å². The van der Waals surface area contributed by atoms with Crippen LogP contribution in [0.25, 0.3) is 0 Å². The van der Waals surface area contributed by atoms with Crippen LogP contribution in [0.5, 0.6) is 0 Å². The Bertz CT molecular complexity index is 222. The molecular weight excluding hydrogens is 156 g/mol. The second-order valence-electron chi connectivity index (χ2n) is 3.16. The minimum absolute atomic E-state index is 0.0359. The Balaban J connectivity index is 2.27. The first-order valence-electron chi connectivity index (χ1n) is 3.99. The van der Waals surface area contributed by atoms with E-state index in [9.17, 15) is 0 Å². The number of hydrogen-bond acceptors (Lipinski definition) is 2. The zero-order chi connectivity index (χ0) is 7.73. The average molecular weight is 168 g/mol. The normalized spacial score (nSPS) is 31.0. The van der Waals surface area contributed by atoms with Gasteiger partial charge in [-0.2, -0.15) is 0 Å². The zero-order valence-corrected chi connectivity index (χ0v) is 7.49. The predicted molar refractivity (Wildman–Crippen MR) is 46.9 cm³/mol. The van der Waals surface area contributed by atoms with E-state index < -0.39 is 0 Å². The number of thiophene rings is 1.